The molecule has 1 amide bonds. The van der Waals surface area contributed by atoms with Gasteiger partial charge in [-0.05, 0) is 6.42 Å². The largest absolute Gasteiger partial charge is 0.354 e. The van der Waals surface area contributed by atoms with Crippen molar-refractivity contribution in [1.82, 2.24) is 5.32 Å². The molecule has 2 unspecified atom stereocenters. The van der Waals surface area contributed by atoms with Gasteiger partial charge in [0.25, 0.3) is 0 Å². The third-order valence-corrected chi connectivity index (χ3v) is 2.23. The van der Waals surface area contributed by atoms with E-state index < -0.39 is 16.8 Å². The monoisotopic (exact) mass is 204 g/mol. The molecule has 0 bridgehead atoms. The van der Waals surface area contributed by atoms with Crippen molar-refractivity contribution in [3.05, 3.63) is 12.7 Å². The van der Waals surface area contributed by atoms with E-state index in [0.29, 0.717) is 18.7 Å². The zero-order valence-corrected chi connectivity index (χ0v) is 8.60. The first kappa shape index (κ1) is 12.3. The van der Waals surface area contributed by atoms with Crippen LogP contribution in [0.3, 0.4) is 0 Å². The lowest BCUT2D eigenvalue weighted by molar-refractivity contribution is -0.122. The van der Waals surface area contributed by atoms with Crippen LogP contribution < -0.4 is 11.1 Å². The highest BCUT2D eigenvalue weighted by Crippen LogP contribution is 1.87. The first-order chi connectivity index (χ1) is 6.07. The molecule has 0 heterocycles. The summed E-state index contributed by atoms with van der Waals surface area (Å²) in [6, 6.07) is -0.539. The zero-order chi connectivity index (χ0) is 10.3. The average molecular weight is 204 g/mol. The molecule has 0 aliphatic carbocycles. The Balaban J connectivity index is 3.61. The Bertz CT molecular complexity index is 206. The lowest BCUT2D eigenvalue weighted by atomic mass is 10.2. The van der Waals surface area contributed by atoms with E-state index in [0.717, 1.165) is 0 Å². The molecular weight excluding hydrogens is 188 g/mol. The van der Waals surface area contributed by atoms with Gasteiger partial charge in [0, 0.05) is 29.4 Å². The number of amides is 1. The van der Waals surface area contributed by atoms with E-state index in [1.54, 1.807) is 12.3 Å². The Kier molecular flexibility index (Phi) is 6.44. The topological polar surface area (TPSA) is 72.2 Å². The van der Waals surface area contributed by atoms with Crippen LogP contribution in [0, 0.1) is 0 Å². The molecule has 5 heteroatoms. The van der Waals surface area contributed by atoms with E-state index in [4.69, 9.17) is 5.73 Å². The minimum absolute atomic E-state index is 0.217. The average Bonchev–Trinajstić information content (AvgIpc) is 2.04. The van der Waals surface area contributed by atoms with E-state index in [-0.39, 0.29) is 5.91 Å². The van der Waals surface area contributed by atoms with Crippen LogP contribution in [0.2, 0.25) is 0 Å². The predicted octanol–water partition coefficient (Wildman–Crippen LogP) is -0.615. The van der Waals surface area contributed by atoms with Gasteiger partial charge in [0.1, 0.15) is 0 Å². The van der Waals surface area contributed by atoms with Crippen LogP contribution in [0.25, 0.3) is 0 Å². The number of nitrogens with two attached hydrogens (primary N) is 1. The molecule has 13 heavy (non-hydrogen) atoms. The predicted molar refractivity (Wildman–Crippen MR) is 54.7 cm³/mol. The molecule has 0 saturated heterocycles. The number of carbonyl (C=O) groups is 1. The third-order valence-electron chi connectivity index (χ3n) is 1.45. The molecule has 0 radical (unpaired) electrons. The molecule has 2 atom stereocenters. The second-order valence-corrected chi connectivity index (χ2v) is 4.25. The van der Waals surface area contributed by atoms with Crippen molar-refractivity contribution in [1.29, 1.82) is 0 Å². The molecule has 76 valence electrons. The molecule has 0 rings (SSSR count). The molecule has 0 saturated carbocycles. The molecule has 0 aromatic carbocycles. The van der Waals surface area contributed by atoms with Crippen LogP contribution in [0.5, 0.6) is 0 Å². The first-order valence-corrected chi connectivity index (χ1v) is 5.75. The van der Waals surface area contributed by atoms with Gasteiger partial charge in [-0.2, -0.15) is 0 Å². The maximum absolute atomic E-state index is 11.1. The van der Waals surface area contributed by atoms with Crippen molar-refractivity contribution in [2.75, 3.05) is 18.6 Å². The highest BCUT2D eigenvalue weighted by Gasteiger charge is 2.10. The third kappa shape index (κ3) is 6.48. The Morgan fingerprint density at radius 1 is 1.77 bits per heavy atom. The van der Waals surface area contributed by atoms with Gasteiger partial charge in [-0.15, -0.1) is 6.58 Å². The molecule has 0 fully saturated rings. The lowest BCUT2D eigenvalue weighted by Gasteiger charge is -2.08. The van der Waals surface area contributed by atoms with Crippen LogP contribution in [0.4, 0.5) is 0 Å². The zero-order valence-electron chi connectivity index (χ0n) is 7.79. The normalized spacial score (nSPS) is 14.6. The summed E-state index contributed by atoms with van der Waals surface area (Å²) in [6.45, 7) is 3.89. The highest BCUT2D eigenvalue weighted by atomic mass is 32.2. The van der Waals surface area contributed by atoms with Gasteiger partial charge in [0.05, 0.1) is 6.04 Å². The van der Waals surface area contributed by atoms with Crippen molar-refractivity contribution >= 4 is 16.7 Å². The molecule has 4 nitrogen and oxygen atoms in total. The standard InChI is InChI=1S/C8H16N2O2S/c1-3-4-7(9)8(11)10-5-6-13(2)12/h3,7H,1,4-6,9H2,2H3,(H,10,11). The van der Waals surface area contributed by atoms with Crippen LogP contribution >= 0.6 is 0 Å². The number of hydrogen-bond donors (Lipinski definition) is 2. The van der Waals surface area contributed by atoms with E-state index in [1.807, 2.05) is 0 Å². The second kappa shape index (κ2) is 6.80. The molecule has 0 aromatic rings. The molecule has 3 N–H and O–H groups in total. The minimum Gasteiger partial charge on any atom is -0.354 e. The van der Waals surface area contributed by atoms with E-state index >= 15 is 0 Å². The second-order valence-electron chi connectivity index (χ2n) is 2.70. The lowest BCUT2D eigenvalue weighted by Crippen LogP contribution is -2.41. The van der Waals surface area contributed by atoms with Crippen molar-refractivity contribution < 1.29 is 9.00 Å². The fourth-order valence-corrected chi connectivity index (χ4v) is 1.13. The summed E-state index contributed by atoms with van der Waals surface area (Å²) in [5.74, 6) is 0.248. The minimum atomic E-state index is -0.875. The molecule has 0 spiro atoms. The Morgan fingerprint density at radius 2 is 2.38 bits per heavy atom. The summed E-state index contributed by atoms with van der Waals surface area (Å²) in [4.78, 5) is 11.1. The molecule has 0 aliphatic heterocycles. The maximum atomic E-state index is 11.1. The van der Waals surface area contributed by atoms with Crippen molar-refractivity contribution in [2.45, 2.75) is 12.5 Å². The van der Waals surface area contributed by atoms with Crippen LogP contribution in [0.1, 0.15) is 6.42 Å². The van der Waals surface area contributed by atoms with Gasteiger partial charge in [-0.25, -0.2) is 0 Å². The van der Waals surface area contributed by atoms with Crippen molar-refractivity contribution in [2.24, 2.45) is 5.73 Å². The molecule has 0 aromatic heterocycles. The van der Waals surface area contributed by atoms with Crippen molar-refractivity contribution in [3.8, 4) is 0 Å². The van der Waals surface area contributed by atoms with Crippen LogP contribution in [-0.2, 0) is 15.6 Å². The number of rotatable bonds is 6. The van der Waals surface area contributed by atoms with E-state index in [2.05, 4.69) is 11.9 Å². The van der Waals surface area contributed by atoms with Crippen molar-refractivity contribution in [3.63, 3.8) is 0 Å². The number of carbonyl (C=O) groups excluding carboxylic acids is 1. The van der Waals surface area contributed by atoms with Crippen LogP contribution in [-0.4, -0.2) is 34.7 Å². The SMILES string of the molecule is C=CCC(N)C(=O)NCCS(C)=O. The fraction of sp³-hybridized carbons (Fsp3) is 0.625. The Morgan fingerprint density at radius 3 is 2.85 bits per heavy atom. The van der Waals surface area contributed by atoms with Gasteiger partial charge in [0.15, 0.2) is 0 Å². The molecular formula is C8H16N2O2S. The fourth-order valence-electron chi connectivity index (χ4n) is 0.736. The summed E-state index contributed by atoms with van der Waals surface area (Å²) in [5.41, 5.74) is 5.49. The number of hydrogen-bond acceptors (Lipinski definition) is 3. The van der Waals surface area contributed by atoms with E-state index in [1.165, 1.54) is 0 Å². The smallest absolute Gasteiger partial charge is 0.237 e. The van der Waals surface area contributed by atoms with Gasteiger partial charge >= 0.3 is 0 Å². The van der Waals surface area contributed by atoms with Gasteiger partial charge < -0.3 is 11.1 Å². The maximum Gasteiger partial charge on any atom is 0.237 e. The molecule has 0 aliphatic rings. The summed E-state index contributed by atoms with van der Waals surface area (Å²) < 4.78 is 10.6. The quantitative estimate of drug-likeness (QED) is 0.567. The van der Waals surface area contributed by atoms with Gasteiger partial charge in [-0.1, -0.05) is 6.08 Å². The summed E-state index contributed by atoms with van der Waals surface area (Å²) in [6.07, 6.45) is 3.65. The summed E-state index contributed by atoms with van der Waals surface area (Å²) in [7, 11) is -0.875. The Labute approximate surface area is 81.0 Å². The van der Waals surface area contributed by atoms with Gasteiger partial charge in [0.2, 0.25) is 5.91 Å². The van der Waals surface area contributed by atoms with Crippen LogP contribution in [0.15, 0.2) is 12.7 Å². The number of nitrogens with one attached hydrogen (secondary N) is 1. The van der Waals surface area contributed by atoms with Gasteiger partial charge in [-0.3, -0.25) is 9.00 Å². The first-order valence-electron chi connectivity index (χ1n) is 4.02. The summed E-state index contributed by atoms with van der Waals surface area (Å²) >= 11 is 0. The summed E-state index contributed by atoms with van der Waals surface area (Å²) in [5, 5.41) is 2.59. The Hall–Kier alpha value is -0.680. The van der Waals surface area contributed by atoms with E-state index in [9.17, 15) is 9.00 Å². The highest BCUT2D eigenvalue weighted by molar-refractivity contribution is 7.84.